The topological polar surface area (TPSA) is 69.3 Å². The van der Waals surface area contributed by atoms with Crippen molar-refractivity contribution in [3.63, 3.8) is 0 Å². The van der Waals surface area contributed by atoms with Crippen LogP contribution < -0.4 is 5.56 Å². The van der Waals surface area contributed by atoms with E-state index in [2.05, 4.69) is 39.1 Å². The van der Waals surface area contributed by atoms with Crippen LogP contribution in [0.25, 0.3) is 0 Å². The molecule has 0 atom stereocenters. The molecule has 0 spiro atoms. The molecular formula is C19H26N4O2. The summed E-state index contributed by atoms with van der Waals surface area (Å²) in [5.74, 6) is 0.0139. The highest BCUT2D eigenvalue weighted by Gasteiger charge is 2.12. The van der Waals surface area contributed by atoms with Crippen LogP contribution in [0, 0.1) is 6.92 Å². The second-order valence-electron chi connectivity index (χ2n) is 6.60. The van der Waals surface area contributed by atoms with Gasteiger partial charge in [-0.15, -0.1) is 0 Å². The Morgan fingerprint density at radius 1 is 1.08 bits per heavy atom. The minimum absolute atomic E-state index is 0.0139. The maximum absolute atomic E-state index is 12.3. The summed E-state index contributed by atoms with van der Waals surface area (Å²) in [6.07, 6.45) is 2.08. The molecule has 25 heavy (non-hydrogen) atoms. The summed E-state index contributed by atoms with van der Waals surface area (Å²) in [4.78, 5) is 34.6. The van der Waals surface area contributed by atoms with Gasteiger partial charge < -0.3 is 14.8 Å². The van der Waals surface area contributed by atoms with Gasteiger partial charge in [-0.25, -0.2) is 4.98 Å². The lowest BCUT2D eigenvalue weighted by atomic mass is 10.1. The fraction of sp³-hybridized carbons (Fsp3) is 0.421. The molecular weight excluding hydrogens is 316 g/mol. The molecule has 6 nitrogen and oxygen atoms in total. The Morgan fingerprint density at radius 2 is 1.68 bits per heavy atom. The molecule has 1 heterocycles. The van der Waals surface area contributed by atoms with Crippen LogP contribution in [0.4, 0.5) is 0 Å². The number of aryl methyl sites for hydroxylation is 1. The van der Waals surface area contributed by atoms with E-state index in [1.54, 1.807) is 18.9 Å². The zero-order chi connectivity index (χ0) is 18.4. The van der Waals surface area contributed by atoms with Crippen molar-refractivity contribution in [1.29, 1.82) is 0 Å². The summed E-state index contributed by atoms with van der Waals surface area (Å²) in [5, 5.41) is 0. The van der Waals surface area contributed by atoms with E-state index in [0.717, 1.165) is 12.1 Å². The van der Waals surface area contributed by atoms with Crippen molar-refractivity contribution < 1.29 is 4.79 Å². The number of carbonyl (C=O) groups excluding carboxylic acids is 1. The van der Waals surface area contributed by atoms with Gasteiger partial charge in [0, 0.05) is 37.8 Å². The van der Waals surface area contributed by atoms with Crippen LogP contribution in [0.1, 0.15) is 28.8 Å². The van der Waals surface area contributed by atoms with Crippen molar-refractivity contribution in [3.05, 3.63) is 63.3 Å². The van der Waals surface area contributed by atoms with Gasteiger partial charge in [-0.3, -0.25) is 9.59 Å². The number of nitrogens with one attached hydrogen (secondary N) is 1. The standard InChI is InChI=1S/C19H26N4O2/c1-14-17(19(25)21-13-20-14)9-10-18(24)23(4)12-16-7-5-15(6-8-16)11-22(2)3/h5-8,13H,9-12H2,1-4H3,(H,20,21,25). The van der Waals surface area contributed by atoms with Gasteiger partial charge in [-0.2, -0.15) is 0 Å². The minimum Gasteiger partial charge on any atom is -0.341 e. The zero-order valence-electron chi connectivity index (χ0n) is 15.4. The predicted molar refractivity (Wildman–Crippen MR) is 98.2 cm³/mol. The van der Waals surface area contributed by atoms with Crippen molar-refractivity contribution in [2.45, 2.75) is 32.9 Å². The first-order valence-electron chi connectivity index (χ1n) is 8.36. The molecule has 1 N–H and O–H groups in total. The molecule has 0 radical (unpaired) electrons. The first-order chi connectivity index (χ1) is 11.9. The van der Waals surface area contributed by atoms with Gasteiger partial charge in [0.2, 0.25) is 5.91 Å². The Morgan fingerprint density at radius 3 is 2.24 bits per heavy atom. The summed E-state index contributed by atoms with van der Waals surface area (Å²) in [6.45, 7) is 3.24. The first kappa shape index (κ1) is 18.9. The van der Waals surface area contributed by atoms with Gasteiger partial charge in [-0.1, -0.05) is 24.3 Å². The number of hydrogen-bond donors (Lipinski definition) is 1. The summed E-state index contributed by atoms with van der Waals surface area (Å²) in [5.41, 5.74) is 3.43. The molecule has 0 saturated heterocycles. The van der Waals surface area contributed by atoms with Crippen molar-refractivity contribution in [3.8, 4) is 0 Å². The fourth-order valence-electron chi connectivity index (χ4n) is 2.71. The lowest BCUT2D eigenvalue weighted by Crippen LogP contribution is -2.27. The molecule has 0 aliphatic heterocycles. The second kappa shape index (κ2) is 8.58. The van der Waals surface area contributed by atoms with Gasteiger partial charge in [0.25, 0.3) is 5.56 Å². The minimum atomic E-state index is -0.167. The quantitative estimate of drug-likeness (QED) is 0.832. The van der Waals surface area contributed by atoms with Crippen molar-refractivity contribution >= 4 is 5.91 Å². The number of nitrogens with zero attached hydrogens (tertiary/aromatic N) is 3. The van der Waals surface area contributed by atoms with E-state index in [-0.39, 0.29) is 11.5 Å². The highest BCUT2D eigenvalue weighted by atomic mass is 16.2. The Kier molecular flexibility index (Phi) is 6.47. The van der Waals surface area contributed by atoms with E-state index in [4.69, 9.17) is 0 Å². The third-order valence-electron chi connectivity index (χ3n) is 4.12. The van der Waals surface area contributed by atoms with E-state index in [9.17, 15) is 9.59 Å². The molecule has 2 rings (SSSR count). The lowest BCUT2D eigenvalue weighted by molar-refractivity contribution is -0.130. The molecule has 6 heteroatoms. The van der Waals surface area contributed by atoms with Crippen LogP contribution in [0.2, 0.25) is 0 Å². The lowest BCUT2D eigenvalue weighted by Gasteiger charge is -2.18. The molecule has 1 amide bonds. The molecule has 0 fully saturated rings. The molecule has 0 aliphatic carbocycles. The number of aromatic amines is 1. The van der Waals surface area contributed by atoms with Crippen molar-refractivity contribution in [2.24, 2.45) is 0 Å². The SMILES string of the molecule is Cc1nc[nH]c(=O)c1CCC(=O)N(C)Cc1ccc(CN(C)C)cc1. The Labute approximate surface area is 148 Å². The Balaban J connectivity index is 1.91. The van der Waals surface area contributed by atoms with E-state index in [0.29, 0.717) is 30.6 Å². The van der Waals surface area contributed by atoms with Crippen LogP contribution in [0.15, 0.2) is 35.4 Å². The van der Waals surface area contributed by atoms with Crippen LogP contribution in [-0.4, -0.2) is 46.8 Å². The number of benzene rings is 1. The molecule has 0 bridgehead atoms. The highest BCUT2D eigenvalue weighted by molar-refractivity contribution is 5.76. The van der Waals surface area contributed by atoms with E-state index in [1.165, 1.54) is 11.9 Å². The number of aromatic nitrogens is 2. The predicted octanol–water partition coefficient (Wildman–Crippen LogP) is 1.73. The molecule has 1 aromatic heterocycles. The van der Waals surface area contributed by atoms with Crippen LogP contribution in [0.3, 0.4) is 0 Å². The number of hydrogen-bond acceptors (Lipinski definition) is 4. The second-order valence-corrected chi connectivity index (χ2v) is 6.60. The highest BCUT2D eigenvalue weighted by Crippen LogP contribution is 2.10. The maximum atomic E-state index is 12.3. The molecule has 0 unspecified atom stereocenters. The van der Waals surface area contributed by atoms with Crippen LogP contribution >= 0.6 is 0 Å². The number of H-pyrrole nitrogens is 1. The fourth-order valence-corrected chi connectivity index (χ4v) is 2.71. The van der Waals surface area contributed by atoms with Gasteiger partial charge in [0.05, 0.1) is 6.33 Å². The van der Waals surface area contributed by atoms with E-state index >= 15 is 0 Å². The van der Waals surface area contributed by atoms with Gasteiger partial charge in [-0.05, 0) is 38.6 Å². The van der Waals surface area contributed by atoms with Crippen molar-refractivity contribution in [1.82, 2.24) is 19.8 Å². The summed E-state index contributed by atoms with van der Waals surface area (Å²) < 4.78 is 0. The number of carbonyl (C=O) groups is 1. The smallest absolute Gasteiger partial charge is 0.254 e. The van der Waals surface area contributed by atoms with E-state index in [1.807, 2.05) is 14.1 Å². The summed E-state index contributed by atoms with van der Waals surface area (Å²) in [6, 6.07) is 8.29. The average molecular weight is 342 g/mol. The van der Waals surface area contributed by atoms with Gasteiger partial charge in [0.1, 0.15) is 0 Å². The third kappa shape index (κ3) is 5.53. The summed E-state index contributed by atoms with van der Waals surface area (Å²) >= 11 is 0. The molecule has 0 saturated carbocycles. The average Bonchev–Trinajstić information content (AvgIpc) is 2.55. The van der Waals surface area contributed by atoms with Crippen LogP contribution in [-0.2, 0) is 24.3 Å². The normalized spacial score (nSPS) is 10.9. The van der Waals surface area contributed by atoms with Gasteiger partial charge >= 0.3 is 0 Å². The molecule has 0 aliphatic rings. The monoisotopic (exact) mass is 342 g/mol. The molecule has 1 aromatic carbocycles. The largest absolute Gasteiger partial charge is 0.341 e. The summed E-state index contributed by atoms with van der Waals surface area (Å²) in [7, 11) is 5.86. The number of amides is 1. The first-order valence-corrected chi connectivity index (χ1v) is 8.36. The van der Waals surface area contributed by atoms with Crippen LogP contribution in [0.5, 0.6) is 0 Å². The molecule has 2 aromatic rings. The van der Waals surface area contributed by atoms with E-state index < -0.39 is 0 Å². The Bertz CT molecular complexity index is 766. The molecule has 134 valence electrons. The Hall–Kier alpha value is -2.47. The third-order valence-corrected chi connectivity index (χ3v) is 4.12. The van der Waals surface area contributed by atoms with Gasteiger partial charge in [0.15, 0.2) is 0 Å². The maximum Gasteiger partial charge on any atom is 0.254 e. The van der Waals surface area contributed by atoms with Crippen molar-refractivity contribution in [2.75, 3.05) is 21.1 Å². The number of rotatable bonds is 7. The zero-order valence-corrected chi connectivity index (χ0v) is 15.4.